The van der Waals surface area contributed by atoms with E-state index in [0.717, 1.165) is 0 Å². The number of tetrazole rings is 1. The van der Waals surface area contributed by atoms with Crippen LogP contribution in [0.3, 0.4) is 0 Å². The van der Waals surface area contributed by atoms with Crippen molar-refractivity contribution in [3.05, 3.63) is 23.7 Å². The van der Waals surface area contributed by atoms with Crippen LogP contribution >= 0.6 is 23.5 Å². The Morgan fingerprint density at radius 1 is 1.58 bits per heavy atom. The standard InChI is InChI=1S/C13H14N8O3S2/c1-20-13(17-18-19-20)26-5-6-4-25-10-7(16-12-14-2-3-15-12)9(22)21(10)8(6)11(23)24/h2-3,7,10H,4-5H2,1H3,(H,23,24)(H2,14,15,16)/t7?,10-/m0/s1. The lowest BCUT2D eigenvalue weighted by atomic mass is 10.0. The number of β-lactam (4-membered cyclic amide) rings is 1. The molecule has 0 radical (unpaired) electrons. The number of hydrogen-bond donors (Lipinski definition) is 3. The third-order valence-electron chi connectivity index (χ3n) is 4.00. The van der Waals surface area contributed by atoms with Gasteiger partial charge in [0.2, 0.25) is 11.1 Å². The number of anilines is 1. The monoisotopic (exact) mass is 394 g/mol. The number of thioether (sulfide) groups is 2. The minimum absolute atomic E-state index is 0.0545. The molecule has 26 heavy (non-hydrogen) atoms. The molecule has 2 aromatic heterocycles. The van der Waals surface area contributed by atoms with Crippen molar-refractivity contribution in [2.24, 2.45) is 7.05 Å². The van der Waals surface area contributed by atoms with E-state index in [1.807, 2.05) is 0 Å². The van der Waals surface area contributed by atoms with Gasteiger partial charge >= 0.3 is 5.97 Å². The van der Waals surface area contributed by atoms with E-state index in [1.54, 1.807) is 19.4 Å². The smallest absolute Gasteiger partial charge is 0.352 e. The van der Waals surface area contributed by atoms with E-state index in [-0.39, 0.29) is 17.0 Å². The zero-order chi connectivity index (χ0) is 18.3. The van der Waals surface area contributed by atoms with Crippen molar-refractivity contribution in [1.82, 2.24) is 35.1 Å². The third-order valence-corrected chi connectivity index (χ3v) is 6.43. The second kappa shape index (κ2) is 6.64. The van der Waals surface area contributed by atoms with Crippen molar-refractivity contribution < 1.29 is 14.7 Å². The summed E-state index contributed by atoms with van der Waals surface area (Å²) in [5.41, 5.74) is 0.732. The highest BCUT2D eigenvalue weighted by Gasteiger charge is 2.53. The summed E-state index contributed by atoms with van der Waals surface area (Å²) in [7, 11) is 1.71. The SMILES string of the molecule is Cn1nnnc1SCC1=C(C(=O)O)N2C(=O)C(Nc3ncc[nH]3)[C@@H]2SC1. The number of carbonyl (C=O) groups excluding carboxylic acids is 1. The largest absolute Gasteiger partial charge is 0.477 e. The number of carboxylic acid groups (broad SMARTS) is 1. The molecule has 2 atom stereocenters. The fourth-order valence-electron chi connectivity index (χ4n) is 2.78. The number of aromatic amines is 1. The van der Waals surface area contributed by atoms with Gasteiger partial charge in [0.05, 0.1) is 0 Å². The number of nitrogens with one attached hydrogen (secondary N) is 2. The van der Waals surface area contributed by atoms with Gasteiger partial charge in [-0.2, -0.15) is 0 Å². The molecular weight excluding hydrogens is 380 g/mol. The Morgan fingerprint density at radius 3 is 3.08 bits per heavy atom. The molecule has 136 valence electrons. The maximum Gasteiger partial charge on any atom is 0.352 e. The van der Waals surface area contributed by atoms with Gasteiger partial charge in [-0.05, 0) is 16.0 Å². The van der Waals surface area contributed by atoms with Crippen molar-refractivity contribution in [1.29, 1.82) is 0 Å². The maximum absolute atomic E-state index is 12.5. The number of rotatable bonds is 6. The van der Waals surface area contributed by atoms with Crippen LogP contribution in [0, 0.1) is 0 Å². The number of carbonyl (C=O) groups is 2. The van der Waals surface area contributed by atoms with Gasteiger partial charge in [0.1, 0.15) is 17.1 Å². The summed E-state index contributed by atoms with van der Waals surface area (Å²) >= 11 is 2.86. The molecule has 0 saturated carbocycles. The van der Waals surface area contributed by atoms with Crippen LogP contribution in [-0.4, -0.2) is 75.0 Å². The number of carboxylic acids is 1. The number of H-pyrrole nitrogens is 1. The van der Waals surface area contributed by atoms with Crippen molar-refractivity contribution in [2.75, 3.05) is 16.8 Å². The Labute approximate surface area is 155 Å². The Kier molecular flexibility index (Phi) is 4.32. The number of amides is 1. The van der Waals surface area contributed by atoms with Crippen LogP contribution < -0.4 is 5.32 Å². The van der Waals surface area contributed by atoms with E-state index in [4.69, 9.17) is 0 Å². The first-order chi connectivity index (χ1) is 12.6. The molecule has 2 aliphatic rings. The van der Waals surface area contributed by atoms with Gasteiger partial charge in [-0.1, -0.05) is 11.8 Å². The number of aryl methyl sites for hydroxylation is 1. The number of fused-ring (bicyclic) bond motifs is 1. The molecule has 0 aromatic carbocycles. The first-order valence-electron chi connectivity index (χ1n) is 7.57. The molecule has 1 amide bonds. The molecule has 4 heterocycles. The third kappa shape index (κ3) is 2.82. The maximum atomic E-state index is 12.5. The topological polar surface area (TPSA) is 142 Å². The van der Waals surface area contributed by atoms with Crippen molar-refractivity contribution >= 4 is 41.3 Å². The molecule has 0 bridgehead atoms. The molecule has 1 fully saturated rings. The van der Waals surface area contributed by atoms with E-state index in [0.29, 0.717) is 28.2 Å². The second-order valence-electron chi connectivity index (χ2n) is 5.60. The van der Waals surface area contributed by atoms with Crippen LogP contribution in [-0.2, 0) is 16.6 Å². The van der Waals surface area contributed by atoms with Gasteiger partial charge in [-0.15, -0.1) is 16.9 Å². The number of imidazole rings is 1. The number of aliphatic carboxylic acids is 1. The highest BCUT2D eigenvalue weighted by molar-refractivity contribution is 8.01. The quantitative estimate of drug-likeness (QED) is 0.444. The van der Waals surface area contributed by atoms with Gasteiger partial charge in [0.25, 0.3) is 5.91 Å². The Hall–Kier alpha value is -2.54. The highest BCUT2D eigenvalue weighted by atomic mass is 32.2. The Morgan fingerprint density at radius 2 is 2.42 bits per heavy atom. The Balaban J connectivity index is 1.52. The highest BCUT2D eigenvalue weighted by Crippen LogP contribution is 2.42. The van der Waals surface area contributed by atoms with Gasteiger partial charge in [0, 0.05) is 30.9 Å². The first-order valence-corrected chi connectivity index (χ1v) is 9.60. The van der Waals surface area contributed by atoms with Crippen LogP contribution in [0.5, 0.6) is 0 Å². The molecule has 0 aliphatic carbocycles. The van der Waals surface area contributed by atoms with E-state index >= 15 is 0 Å². The van der Waals surface area contributed by atoms with Gasteiger partial charge in [0.15, 0.2) is 0 Å². The predicted molar refractivity (Wildman–Crippen MR) is 93.3 cm³/mol. The zero-order valence-electron chi connectivity index (χ0n) is 13.5. The van der Waals surface area contributed by atoms with Crippen LogP contribution in [0.25, 0.3) is 0 Å². The van der Waals surface area contributed by atoms with E-state index in [1.165, 1.54) is 33.1 Å². The van der Waals surface area contributed by atoms with Crippen LogP contribution in [0.15, 0.2) is 28.8 Å². The summed E-state index contributed by atoms with van der Waals surface area (Å²) in [6, 6.07) is -0.502. The Bertz CT molecular complexity index is 880. The molecule has 13 heteroatoms. The molecule has 4 rings (SSSR count). The average Bonchev–Trinajstić information content (AvgIpc) is 3.28. The van der Waals surface area contributed by atoms with Crippen molar-refractivity contribution in [3.8, 4) is 0 Å². The van der Waals surface area contributed by atoms with E-state index in [9.17, 15) is 14.7 Å². The lowest BCUT2D eigenvalue weighted by Gasteiger charge is -2.49. The minimum Gasteiger partial charge on any atom is -0.477 e. The number of nitrogens with zero attached hydrogens (tertiary/aromatic N) is 6. The molecule has 0 spiro atoms. The van der Waals surface area contributed by atoms with Crippen molar-refractivity contribution in [2.45, 2.75) is 16.6 Å². The van der Waals surface area contributed by atoms with Gasteiger partial charge < -0.3 is 15.4 Å². The molecule has 3 N–H and O–H groups in total. The second-order valence-corrected chi connectivity index (χ2v) is 7.65. The number of hydrogen-bond acceptors (Lipinski definition) is 9. The van der Waals surface area contributed by atoms with Gasteiger partial charge in [-0.25, -0.2) is 14.5 Å². The van der Waals surface area contributed by atoms with Crippen LogP contribution in [0.4, 0.5) is 5.95 Å². The zero-order valence-corrected chi connectivity index (χ0v) is 15.1. The summed E-state index contributed by atoms with van der Waals surface area (Å²) < 4.78 is 1.52. The molecule has 2 aromatic rings. The first kappa shape index (κ1) is 16.9. The summed E-state index contributed by atoms with van der Waals surface area (Å²) in [4.78, 5) is 32.6. The lowest BCUT2D eigenvalue weighted by molar-refractivity contribution is -0.147. The summed E-state index contributed by atoms with van der Waals surface area (Å²) in [5.74, 6) is 0.0200. The average molecular weight is 394 g/mol. The molecule has 1 unspecified atom stereocenters. The molecular formula is C13H14N8O3S2. The van der Waals surface area contributed by atoms with E-state index < -0.39 is 12.0 Å². The summed E-state index contributed by atoms with van der Waals surface area (Å²) in [6.07, 6.45) is 3.23. The van der Waals surface area contributed by atoms with E-state index in [2.05, 4.69) is 30.8 Å². The van der Waals surface area contributed by atoms with Crippen molar-refractivity contribution in [3.63, 3.8) is 0 Å². The molecule has 2 aliphatic heterocycles. The van der Waals surface area contributed by atoms with Crippen LogP contribution in [0.1, 0.15) is 0 Å². The van der Waals surface area contributed by atoms with Crippen LogP contribution in [0.2, 0.25) is 0 Å². The minimum atomic E-state index is -1.10. The normalized spacial score (nSPS) is 22.2. The fourth-order valence-corrected chi connectivity index (χ4v) is 5.12. The summed E-state index contributed by atoms with van der Waals surface area (Å²) in [5, 5.41) is 24.2. The number of aromatic nitrogens is 6. The fraction of sp³-hybridized carbons (Fsp3) is 0.385. The lowest BCUT2D eigenvalue weighted by Crippen LogP contribution is -2.67. The summed E-state index contributed by atoms with van der Waals surface area (Å²) in [6.45, 7) is 0. The van der Waals surface area contributed by atoms with Gasteiger partial charge in [-0.3, -0.25) is 9.69 Å². The molecule has 1 saturated heterocycles. The predicted octanol–water partition coefficient (Wildman–Crippen LogP) is -0.240. The molecule has 11 nitrogen and oxygen atoms in total.